The van der Waals surface area contributed by atoms with Crippen LogP contribution < -0.4 is 0 Å². The number of para-hydroxylation sites is 1. The maximum atomic E-state index is 13.1. The third kappa shape index (κ3) is 3.79. The van der Waals surface area contributed by atoms with Crippen LogP contribution in [0.5, 0.6) is 0 Å². The van der Waals surface area contributed by atoms with E-state index in [0.29, 0.717) is 13.1 Å². The molecule has 0 N–H and O–H groups in total. The molecule has 0 saturated carbocycles. The number of piperidine rings is 1. The summed E-state index contributed by atoms with van der Waals surface area (Å²) in [6, 6.07) is 12.3. The third-order valence-corrected chi connectivity index (χ3v) is 7.60. The zero-order valence-corrected chi connectivity index (χ0v) is 17.6. The molecule has 1 aromatic heterocycles. The van der Waals surface area contributed by atoms with Crippen LogP contribution in [0.3, 0.4) is 0 Å². The van der Waals surface area contributed by atoms with Gasteiger partial charge in [0.2, 0.25) is 0 Å². The Morgan fingerprint density at radius 1 is 1.25 bits per heavy atom. The Balaban J connectivity index is 1.60. The standard InChI is InChI=1S/C20H19ClN2O3S2/c1-28(25,26)14-8-9-16(21)15(11-14)20(24)23-10-4-5-13(12-23)19-22-17-6-2-3-7-18(17)27-19/h2-3,6-9,11,13H,4-5,10,12H2,1H3/t13-/m0/s1. The van der Waals surface area contributed by atoms with Crippen molar-refractivity contribution < 1.29 is 13.2 Å². The first kappa shape index (κ1) is 19.4. The Kier molecular flexibility index (Phi) is 5.16. The van der Waals surface area contributed by atoms with Crippen LogP contribution in [0.1, 0.15) is 34.1 Å². The Bertz CT molecular complexity index is 1120. The van der Waals surface area contributed by atoms with Crippen molar-refractivity contribution in [2.45, 2.75) is 23.7 Å². The average molecular weight is 435 g/mol. The summed E-state index contributed by atoms with van der Waals surface area (Å²) in [6.07, 6.45) is 2.96. The molecule has 146 valence electrons. The summed E-state index contributed by atoms with van der Waals surface area (Å²) in [6.45, 7) is 1.18. The summed E-state index contributed by atoms with van der Waals surface area (Å²) in [7, 11) is -3.41. The summed E-state index contributed by atoms with van der Waals surface area (Å²) < 4.78 is 24.8. The van der Waals surface area contributed by atoms with Gasteiger partial charge in [0.1, 0.15) is 0 Å². The van der Waals surface area contributed by atoms with Crippen LogP contribution in [0, 0.1) is 0 Å². The minimum Gasteiger partial charge on any atom is -0.338 e. The molecule has 1 saturated heterocycles. The fourth-order valence-electron chi connectivity index (χ4n) is 3.50. The SMILES string of the molecule is CS(=O)(=O)c1ccc(Cl)c(C(=O)N2CCC[C@H](c3nc4ccccc4s3)C2)c1. The van der Waals surface area contributed by atoms with Gasteiger partial charge in [-0.1, -0.05) is 23.7 Å². The molecule has 1 aliphatic rings. The summed E-state index contributed by atoms with van der Waals surface area (Å²) in [5, 5.41) is 1.30. The molecular weight excluding hydrogens is 416 g/mol. The number of carbonyl (C=O) groups excluding carboxylic acids is 1. The van der Waals surface area contributed by atoms with E-state index < -0.39 is 9.84 Å². The maximum absolute atomic E-state index is 13.1. The number of aromatic nitrogens is 1. The Hall–Kier alpha value is -1.96. The molecule has 1 atom stereocenters. The van der Waals surface area contributed by atoms with Crippen LogP contribution >= 0.6 is 22.9 Å². The monoisotopic (exact) mass is 434 g/mol. The van der Waals surface area contributed by atoms with Crippen molar-refractivity contribution in [2.24, 2.45) is 0 Å². The van der Waals surface area contributed by atoms with Crippen LogP contribution in [0.4, 0.5) is 0 Å². The predicted octanol–water partition coefficient (Wildman–Crippen LogP) is 4.37. The number of likely N-dealkylation sites (tertiary alicyclic amines) is 1. The Morgan fingerprint density at radius 2 is 2.04 bits per heavy atom. The van der Waals surface area contributed by atoms with Gasteiger partial charge in [-0.2, -0.15) is 0 Å². The summed E-state index contributed by atoms with van der Waals surface area (Å²) in [5.41, 5.74) is 1.21. The fourth-order valence-corrected chi connectivity index (χ4v) is 5.44. The molecule has 1 amide bonds. The highest BCUT2D eigenvalue weighted by atomic mass is 35.5. The molecule has 28 heavy (non-hydrogen) atoms. The van der Waals surface area contributed by atoms with E-state index >= 15 is 0 Å². The van der Waals surface area contributed by atoms with E-state index in [1.165, 1.54) is 18.2 Å². The van der Waals surface area contributed by atoms with Gasteiger partial charge in [-0.3, -0.25) is 4.79 Å². The molecule has 2 heterocycles. The molecule has 1 aliphatic heterocycles. The maximum Gasteiger partial charge on any atom is 0.255 e. The number of thiazole rings is 1. The highest BCUT2D eigenvalue weighted by Gasteiger charge is 2.29. The van der Waals surface area contributed by atoms with Crippen molar-refractivity contribution in [3.05, 3.63) is 58.1 Å². The first-order chi connectivity index (χ1) is 13.3. The topological polar surface area (TPSA) is 67.3 Å². The van der Waals surface area contributed by atoms with Gasteiger partial charge >= 0.3 is 0 Å². The minimum absolute atomic E-state index is 0.0972. The number of sulfone groups is 1. The lowest BCUT2D eigenvalue weighted by Crippen LogP contribution is -2.39. The zero-order chi connectivity index (χ0) is 19.9. The van der Waals surface area contributed by atoms with E-state index in [1.807, 2.05) is 18.2 Å². The van der Waals surface area contributed by atoms with Gasteiger partial charge in [0.15, 0.2) is 9.84 Å². The van der Waals surface area contributed by atoms with Gasteiger partial charge in [0, 0.05) is 25.3 Å². The molecule has 5 nitrogen and oxygen atoms in total. The lowest BCUT2D eigenvalue weighted by Gasteiger charge is -2.32. The van der Waals surface area contributed by atoms with E-state index in [2.05, 4.69) is 6.07 Å². The zero-order valence-electron chi connectivity index (χ0n) is 15.3. The first-order valence-electron chi connectivity index (χ1n) is 8.97. The molecule has 0 radical (unpaired) electrons. The molecule has 3 aromatic rings. The first-order valence-corrected chi connectivity index (χ1v) is 12.1. The number of halogens is 1. The largest absolute Gasteiger partial charge is 0.338 e. The van der Waals surface area contributed by atoms with Crippen molar-refractivity contribution in [3.63, 3.8) is 0 Å². The van der Waals surface area contributed by atoms with Crippen molar-refractivity contribution in [3.8, 4) is 0 Å². The number of carbonyl (C=O) groups is 1. The van der Waals surface area contributed by atoms with Crippen LogP contribution in [0.15, 0.2) is 47.4 Å². The van der Waals surface area contributed by atoms with Crippen molar-refractivity contribution in [1.29, 1.82) is 0 Å². The normalized spacial score (nSPS) is 17.8. The Labute approximate surface area is 172 Å². The van der Waals surface area contributed by atoms with Gasteiger partial charge in [-0.25, -0.2) is 13.4 Å². The highest BCUT2D eigenvalue weighted by molar-refractivity contribution is 7.90. The number of benzene rings is 2. The van der Waals surface area contributed by atoms with E-state index in [9.17, 15) is 13.2 Å². The smallest absolute Gasteiger partial charge is 0.255 e. The molecule has 0 unspecified atom stereocenters. The number of rotatable bonds is 3. The van der Waals surface area contributed by atoms with Gasteiger partial charge < -0.3 is 4.90 Å². The van der Waals surface area contributed by atoms with E-state index in [0.717, 1.165) is 34.3 Å². The molecular formula is C20H19ClN2O3S2. The molecule has 0 bridgehead atoms. The van der Waals surface area contributed by atoms with Gasteiger partial charge in [0.25, 0.3) is 5.91 Å². The number of hydrogen-bond donors (Lipinski definition) is 0. The number of nitrogens with zero attached hydrogens (tertiary/aromatic N) is 2. The number of amides is 1. The predicted molar refractivity (Wildman–Crippen MR) is 112 cm³/mol. The minimum atomic E-state index is -3.41. The molecule has 4 rings (SSSR count). The van der Waals surface area contributed by atoms with Gasteiger partial charge in [-0.15, -0.1) is 11.3 Å². The van der Waals surface area contributed by atoms with E-state index in [4.69, 9.17) is 16.6 Å². The lowest BCUT2D eigenvalue weighted by atomic mass is 9.98. The van der Waals surface area contributed by atoms with Crippen LogP contribution in [-0.4, -0.2) is 43.6 Å². The van der Waals surface area contributed by atoms with Gasteiger partial charge in [-0.05, 0) is 43.2 Å². The second-order valence-corrected chi connectivity index (χ2v) is 10.5. The van der Waals surface area contributed by atoms with E-state index in [1.54, 1.807) is 16.2 Å². The number of fused-ring (bicyclic) bond motifs is 1. The molecule has 0 aliphatic carbocycles. The van der Waals surface area contributed by atoms with Crippen LogP contribution in [0.2, 0.25) is 5.02 Å². The number of hydrogen-bond acceptors (Lipinski definition) is 5. The summed E-state index contributed by atoms with van der Waals surface area (Å²) in [4.78, 5) is 19.7. The van der Waals surface area contributed by atoms with Gasteiger partial charge in [0.05, 0.1) is 30.7 Å². The van der Waals surface area contributed by atoms with E-state index in [-0.39, 0.29) is 27.3 Å². The fraction of sp³-hybridized carbons (Fsp3) is 0.300. The van der Waals surface area contributed by atoms with Crippen molar-refractivity contribution in [1.82, 2.24) is 9.88 Å². The second-order valence-electron chi connectivity index (χ2n) is 7.02. The van der Waals surface area contributed by atoms with Crippen LogP contribution in [0.25, 0.3) is 10.2 Å². The molecule has 1 fully saturated rings. The summed E-state index contributed by atoms with van der Waals surface area (Å²) in [5.74, 6) is -0.0618. The highest BCUT2D eigenvalue weighted by Crippen LogP contribution is 2.34. The molecule has 0 spiro atoms. The quantitative estimate of drug-likeness (QED) is 0.613. The second kappa shape index (κ2) is 7.46. The van der Waals surface area contributed by atoms with Crippen molar-refractivity contribution >= 4 is 48.9 Å². The summed E-state index contributed by atoms with van der Waals surface area (Å²) >= 11 is 7.88. The van der Waals surface area contributed by atoms with Crippen LogP contribution in [-0.2, 0) is 9.84 Å². The molecule has 8 heteroatoms. The van der Waals surface area contributed by atoms with Crippen molar-refractivity contribution in [2.75, 3.05) is 19.3 Å². The Morgan fingerprint density at radius 3 is 2.79 bits per heavy atom. The third-order valence-electron chi connectivity index (χ3n) is 4.96. The average Bonchev–Trinajstić information content (AvgIpc) is 3.11. The molecule has 2 aromatic carbocycles. The lowest BCUT2D eigenvalue weighted by molar-refractivity contribution is 0.0707.